The molecule has 1 aromatic carbocycles. The molecule has 0 saturated carbocycles. The van der Waals surface area contributed by atoms with Crippen LogP contribution >= 0.6 is 0 Å². The number of hydrogen-bond donors (Lipinski definition) is 2. The molecule has 29 heavy (non-hydrogen) atoms. The van der Waals surface area contributed by atoms with Crippen molar-refractivity contribution >= 4 is 17.6 Å². The number of benzene rings is 1. The third-order valence-electron chi connectivity index (χ3n) is 4.42. The molecule has 3 rings (SSSR count). The Morgan fingerprint density at radius 3 is 2.69 bits per heavy atom. The van der Waals surface area contributed by atoms with Gasteiger partial charge in [-0.25, -0.2) is 9.78 Å². The van der Waals surface area contributed by atoms with Crippen LogP contribution in [0.1, 0.15) is 50.3 Å². The molecular weight excluding hydrogens is 366 g/mol. The number of methoxy groups -OCH3 is 1. The van der Waals surface area contributed by atoms with Crippen molar-refractivity contribution in [3.05, 3.63) is 82.4 Å². The van der Waals surface area contributed by atoms with Crippen LogP contribution in [0.2, 0.25) is 0 Å². The molecule has 0 aliphatic heterocycles. The summed E-state index contributed by atoms with van der Waals surface area (Å²) in [6.45, 7) is 3.63. The fraction of sp³-hybridized carbons (Fsp3) is 0.174. The number of H-pyrrole nitrogens is 1. The molecule has 2 aromatic heterocycles. The van der Waals surface area contributed by atoms with Crippen molar-refractivity contribution in [2.75, 3.05) is 12.4 Å². The number of aryl methyl sites for hydroxylation is 1. The molecule has 0 bridgehead atoms. The van der Waals surface area contributed by atoms with Gasteiger partial charge in [0, 0.05) is 23.1 Å². The predicted molar refractivity (Wildman–Crippen MR) is 111 cm³/mol. The first-order valence-electron chi connectivity index (χ1n) is 9.17. The van der Waals surface area contributed by atoms with Crippen LogP contribution in [0.3, 0.4) is 0 Å². The van der Waals surface area contributed by atoms with Crippen LogP contribution in [-0.4, -0.2) is 29.0 Å². The van der Waals surface area contributed by atoms with Crippen molar-refractivity contribution in [1.29, 1.82) is 0 Å². The number of aromatic amines is 1. The molecule has 3 aromatic rings. The monoisotopic (exact) mass is 387 g/mol. The highest BCUT2D eigenvalue weighted by molar-refractivity contribution is 6.06. The number of hydrogen-bond acceptors (Lipinski definition) is 4. The second-order valence-corrected chi connectivity index (χ2v) is 6.32. The second-order valence-electron chi connectivity index (χ2n) is 6.32. The van der Waals surface area contributed by atoms with Gasteiger partial charge in [0.25, 0.3) is 5.91 Å². The van der Waals surface area contributed by atoms with Crippen molar-refractivity contribution in [2.45, 2.75) is 20.3 Å². The molecule has 0 atom stereocenters. The number of ether oxygens (including phenoxy) is 1. The molecule has 0 unspecified atom stereocenters. The fourth-order valence-corrected chi connectivity index (χ4v) is 2.97. The van der Waals surface area contributed by atoms with Crippen LogP contribution in [0.5, 0.6) is 0 Å². The van der Waals surface area contributed by atoms with E-state index in [9.17, 15) is 9.59 Å². The van der Waals surface area contributed by atoms with Gasteiger partial charge in [-0.3, -0.25) is 4.79 Å². The third kappa shape index (κ3) is 4.53. The summed E-state index contributed by atoms with van der Waals surface area (Å²) in [5.74, 6) is 5.24. The molecular formula is C23H21N3O3. The quantitative estimate of drug-likeness (QED) is 0.528. The van der Waals surface area contributed by atoms with Gasteiger partial charge in [-0.1, -0.05) is 25.0 Å². The molecule has 0 saturated heterocycles. The summed E-state index contributed by atoms with van der Waals surface area (Å²) in [5, 5.41) is 2.85. The van der Waals surface area contributed by atoms with Gasteiger partial charge in [0.2, 0.25) is 0 Å². The Kier molecular flexibility index (Phi) is 6.10. The standard InChI is InChI=1S/C23H21N3O3/c1-4-19-20(23(28)29-3)15(2)21(26-19)22(27)25-18-10-7-8-16(14-18)11-12-17-9-5-6-13-24-17/h5-10,13-14,26H,4H2,1-3H3,(H,25,27). The fourth-order valence-electron chi connectivity index (χ4n) is 2.97. The molecule has 2 N–H and O–H groups in total. The van der Waals surface area contributed by atoms with E-state index in [0.717, 1.165) is 5.56 Å². The zero-order chi connectivity index (χ0) is 20.8. The maximum atomic E-state index is 12.8. The summed E-state index contributed by atoms with van der Waals surface area (Å²) < 4.78 is 4.84. The van der Waals surface area contributed by atoms with Crippen molar-refractivity contribution in [2.24, 2.45) is 0 Å². The first kappa shape index (κ1) is 19.9. The van der Waals surface area contributed by atoms with E-state index in [-0.39, 0.29) is 5.91 Å². The number of rotatable bonds is 4. The third-order valence-corrected chi connectivity index (χ3v) is 4.42. The zero-order valence-corrected chi connectivity index (χ0v) is 16.5. The van der Waals surface area contributed by atoms with Gasteiger partial charge >= 0.3 is 5.97 Å². The van der Waals surface area contributed by atoms with E-state index < -0.39 is 5.97 Å². The first-order chi connectivity index (χ1) is 14.0. The normalized spacial score (nSPS) is 10.0. The van der Waals surface area contributed by atoms with E-state index in [1.165, 1.54) is 7.11 Å². The number of pyridine rings is 1. The van der Waals surface area contributed by atoms with Gasteiger partial charge in [0.1, 0.15) is 11.4 Å². The molecule has 6 nitrogen and oxygen atoms in total. The lowest BCUT2D eigenvalue weighted by Crippen LogP contribution is -2.14. The molecule has 0 aliphatic rings. The Morgan fingerprint density at radius 1 is 1.17 bits per heavy atom. The summed E-state index contributed by atoms with van der Waals surface area (Å²) in [6.07, 6.45) is 2.27. The van der Waals surface area contributed by atoms with Crippen LogP contribution in [0.4, 0.5) is 5.69 Å². The van der Waals surface area contributed by atoms with E-state index in [0.29, 0.717) is 40.3 Å². The number of aromatic nitrogens is 2. The summed E-state index contributed by atoms with van der Waals surface area (Å²) in [4.78, 5) is 32.0. The number of nitrogens with zero attached hydrogens (tertiary/aromatic N) is 1. The topological polar surface area (TPSA) is 84.1 Å². The van der Waals surface area contributed by atoms with Crippen molar-refractivity contribution in [3.8, 4) is 11.8 Å². The van der Waals surface area contributed by atoms with Crippen molar-refractivity contribution in [3.63, 3.8) is 0 Å². The molecule has 0 spiro atoms. The minimum Gasteiger partial charge on any atom is -0.465 e. The Morgan fingerprint density at radius 2 is 2.00 bits per heavy atom. The maximum absolute atomic E-state index is 12.8. The number of anilines is 1. The molecule has 0 fully saturated rings. The van der Waals surface area contributed by atoms with Gasteiger partial charge in [-0.05, 0) is 55.2 Å². The van der Waals surface area contributed by atoms with Crippen LogP contribution in [0.15, 0.2) is 48.7 Å². The van der Waals surface area contributed by atoms with Gasteiger partial charge in [0.15, 0.2) is 0 Å². The number of carbonyl (C=O) groups is 2. The lowest BCUT2D eigenvalue weighted by molar-refractivity contribution is 0.0599. The number of amides is 1. The molecule has 6 heteroatoms. The van der Waals surface area contributed by atoms with Crippen LogP contribution in [-0.2, 0) is 11.2 Å². The smallest absolute Gasteiger partial charge is 0.339 e. The maximum Gasteiger partial charge on any atom is 0.339 e. The largest absolute Gasteiger partial charge is 0.465 e. The molecule has 1 amide bonds. The Hall–Kier alpha value is -3.85. The summed E-state index contributed by atoms with van der Waals surface area (Å²) >= 11 is 0. The number of nitrogens with one attached hydrogen (secondary N) is 2. The van der Waals surface area contributed by atoms with Gasteiger partial charge in [0.05, 0.1) is 12.7 Å². The highest BCUT2D eigenvalue weighted by Gasteiger charge is 2.23. The Bertz CT molecular complexity index is 1110. The van der Waals surface area contributed by atoms with Crippen LogP contribution in [0, 0.1) is 18.8 Å². The van der Waals surface area contributed by atoms with E-state index in [2.05, 4.69) is 27.1 Å². The Labute approximate surface area is 169 Å². The minimum atomic E-state index is -0.457. The van der Waals surface area contributed by atoms with Crippen LogP contribution < -0.4 is 5.32 Å². The second kappa shape index (κ2) is 8.89. The summed E-state index contributed by atoms with van der Waals surface area (Å²) in [7, 11) is 1.32. The average molecular weight is 387 g/mol. The van der Waals surface area contributed by atoms with E-state index in [1.54, 1.807) is 25.3 Å². The summed E-state index contributed by atoms with van der Waals surface area (Å²) in [5.41, 5.74) is 4.02. The van der Waals surface area contributed by atoms with Crippen molar-refractivity contribution in [1.82, 2.24) is 9.97 Å². The van der Waals surface area contributed by atoms with E-state index in [4.69, 9.17) is 4.74 Å². The van der Waals surface area contributed by atoms with E-state index >= 15 is 0 Å². The molecule has 0 aliphatic carbocycles. The number of esters is 1. The van der Waals surface area contributed by atoms with Crippen LogP contribution in [0.25, 0.3) is 0 Å². The molecule has 146 valence electrons. The minimum absolute atomic E-state index is 0.331. The molecule has 0 radical (unpaired) electrons. The average Bonchev–Trinajstić information content (AvgIpc) is 3.09. The lowest BCUT2D eigenvalue weighted by atomic mass is 10.1. The molecule has 2 heterocycles. The van der Waals surface area contributed by atoms with Crippen molar-refractivity contribution < 1.29 is 14.3 Å². The lowest BCUT2D eigenvalue weighted by Gasteiger charge is -2.05. The Balaban J connectivity index is 1.82. The predicted octanol–water partition coefficient (Wildman–Crippen LogP) is 3.72. The highest BCUT2D eigenvalue weighted by atomic mass is 16.5. The first-order valence-corrected chi connectivity index (χ1v) is 9.17. The number of carbonyl (C=O) groups excluding carboxylic acids is 2. The summed E-state index contributed by atoms with van der Waals surface area (Å²) in [6, 6.07) is 12.8. The van der Waals surface area contributed by atoms with E-state index in [1.807, 2.05) is 37.3 Å². The zero-order valence-electron chi connectivity index (χ0n) is 16.5. The highest BCUT2D eigenvalue weighted by Crippen LogP contribution is 2.21. The SMILES string of the molecule is CCc1[nH]c(C(=O)Nc2cccc(C#Cc3ccccn3)c2)c(C)c1C(=O)OC. The van der Waals surface area contributed by atoms with Gasteiger partial charge < -0.3 is 15.0 Å². The van der Waals surface area contributed by atoms with Gasteiger partial charge in [-0.2, -0.15) is 0 Å². The van der Waals surface area contributed by atoms with Gasteiger partial charge in [-0.15, -0.1) is 0 Å².